The second kappa shape index (κ2) is 6.16. The first-order valence-corrected chi connectivity index (χ1v) is 8.47. The van der Waals surface area contributed by atoms with E-state index in [0.29, 0.717) is 17.7 Å². The molecule has 0 bridgehead atoms. The van der Waals surface area contributed by atoms with Crippen LogP contribution in [0.15, 0.2) is 24.3 Å². The van der Waals surface area contributed by atoms with Gasteiger partial charge in [-0.3, -0.25) is 0 Å². The molecular weight excluding hydrogens is 280 g/mol. The van der Waals surface area contributed by atoms with Gasteiger partial charge in [0.05, 0.1) is 5.69 Å². The molecule has 1 aliphatic rings. The highest BCUT2D eigenvalue weighted by Crippen LogP contribution is 2.38. The Morgan fingerprint density at radius 3 is 2.81 bits per heavy atom. The molecule has 4 heteroatoms. The van der Waals surface area contributed by atoms with Crippen molar-refractivity contribution >= 4 is 11.3 Å². The van der Waals surface area contributed by atoms with Gasteiger partial charge in [-0.25, -0.2) is 4.98 Å². The summed E-state index contributed by atoms with van der Waals surface area (Å²) in [5.74, 6) is 0.845. The lowest BCUT2D eigenvalue weighted by molar-refractivity contribution is 0.475. The zero-order chi connectivity index (χ0) is 14.8. The number of thiazole rings is 1. The van der Waals surface area contributed by atoms with Gasteiger partial charge < -0.3 is 10.4 Å². The number of aryl methyl sites for hydroxylation is 1. The van der Waals surface area contributed by atoms with Crippen LogP contribution < -0.4 is 5.32 Å². The Bertz CT molecular complexity index is 604. The van der Waals surface area contributed by atoms with Crippen LogP contribution in [0.1, 0.15) is 43.2 Å². The molecule has 3 nitrogen and oxygen atoms in total. The first-order valence-electron chi connectivity index (χ1n) is 7.66. The number of phenolic OH excluding ortho intramolecular Hbond substituents is 1. The molecule has 1 aromatic carbocycles. The van der Waals surface area contributed by atoms with Crippen molar-refractivity contribution in [2.24, 2.45) is 0 Å². The number of nitrogens with one attached hydrogen (secondary N) is 1. The van der Waals surface area contributed by atoms with Gasteiger partial charge in [-0.2, -0.15) is 0 Å². The minimum atomic E-state index is 0.305. The maximum Gasteiger partial charge on any atom is 0.123 e. The Hall–Kier alpha value is -1.39. The molecular formula is C17H22N2OS. The zero-order valence-corrected chi connectivity index (χ0v) is 13.4. The van der Waals surface area contributed by atoms with Crippen molar-refractivity contribution in [2.75, 3.05) is 6.54 Å². The van der Waals surface area contributed by atoms with Gasteiger partial charge >= 0.3 is 0 Å². The summed E-state index contributed by atoms with van der Waals surface area (Å²) < 4.78 is 0. The van der Waals surface area contributed by atoms with Crippen molar-refractivity contribution in [3.05, 3.63) is 34.8 Å². The lowest BCUT2D eigenvalue weighted by Gasteiger charge is -2.22. The zero-order valence-electron chi connectivity index (χ0n) is 12.6. The minimum Gasteiger partial charge on any atom is -0.508 e. The topological polar surface area (TPSA) is 45.1 Å². The maximum atomic E-state index is 9.40. The van der Waals surface area contributed by atoms with Gasteiger partial charge in [0.1, 0.15) is 10.8 Å². The fraction of sp³-hybridized carbons (Fsp3) is 0.471. The predicted molar refractivity (Wildman–Crippen MR) is 88.0 cm³/mol. The predicted octanol–water partition coefficient (Wildman–Crippen LogP) is 3.93. The number of aromatic hydroxyl groups is 1. The molecule has 0 aliphatic heterocycles. The summed E-state index contributed by atoms with van der Waals surface area (Å²) in [6.45, 7) is 5.39. The number of nitrogens with zero attached hydrogens (tertiary/aromatic N) is 1. The van der Waals surface area contributed by atoms with E-state index < -0.39 is 0 Å². The third-order valence-electron chi connectivity index (χ3n) is 3.96. The summed E-state index contributed by atoms with van der Waals surface area (Å²) >= 11 is 1.81. The van der Waals surface area contributed by atoms with Gasteiger partial charge in [0.15, 0.2) is 0 Å². The van der Waals surface area contributed by atoms with Crippen molar-refractivity contribution in [3.8, 4) is 16.3 Å². The van der Waals surface area contributed by atoms with Crippen molar-refractivity contribution in [2.45, 2.75) is 45.1 Å². The van der Waals surface area contributed by atoms with Crippen LogP contribution in [0, 0.1) is 0 Å². The molecule has 0 saturated heterocycles. The first-order chi connectivity index (χ1) is 10.1. The van der Waals surface area contributed by atoms with Crippen LogP contribution in [-0.4, -0.2) is 22.7 Å². The van der Waals surface area contributed by atoms with E-state index in [0.717, 1.165) is 23.5 Å². The average Bonchev–Trinajstić information content (AvgIpc) is 2.90. The molecule has 1 atom stereocenters. The highest BCUT2D eigenvalue weighted by molar-refractivity contribution is 7.15. The van der Waals surface area contributed by atoms with E-state index in [1.807, 2.05) is 23.5 Å². The lowest BCUT2D eigenvalue weighted by Crippen LogP contribution is -2.29. The highest BCUT2D eigenvalue weighted by atomic mass is 32.1. The molecule has 0 amide bonds. The SMILES string of the molecule is CC(C)NCC1CCCc2sc(-c3ccc(O)cc3)nc21. The van der Waals surface area contributed by atoms with Crippen LogP contribution in [0.5, 0.6) is 5.75 Å². The lowest BCUT2D eigenvalue weighted by atomic mass is 9.91. The van der Waals surface area contributed by atoms with Crippen LogP contribution in [0.2, 0.25) is 0 Å². The van der Waals surface area contributed by atoms with E-state index in [-0.39, 0.29) is 0 Å². The summed E-state index contributed by atoms with van der Waals surface area (Å²) in [4.78, 5) is 6.35. The molecule has 1 aromatic heterocycles. The molecule has 0 fully saturated rings. The van der Waals surface area contributed by atoms with Gasteiger partial charge in [0, 0.05) is 28.9 Å². The highest BCUT2D eigenvalue weighted by Gasteiger charge is 2.25. The van der Waals surface area contributed by atoms with Gasteiger partial charge in [-0.15, -0.1) is 11.3 Å². The van der Waals surface area contributed by atoms with E-state index >= 15 is 0 Å². The molecule has 21 heavy (non-hydrogen) atoms. The van der Waals surface area contributed by atoms with Crippen molar-refractivity contribution in [1.29, 1.82) is 0 Å². The average molecular weight is 302 g/mol. The van der Waals surface area contributed by atoms with Crippen molar-refractivity contribution < 1.29 is 5.11 Å². The fourth-order valence-electron chi connectivity index (χ4n) is 2.81. The smallest absolute Gasteiger partial charge is 0.123 e. The third kappa shape index (κ3) is 3.27. The van der Waals surface area contributed by atoms with Gasteiger partial charge in [-0.05, 0) is 43.5 Å². The van der Waals surface area contributed by atoms with Crippen LogP contribution >= 0.6 is 11.3 Å². The molecule has 1 heterocycles. The van der Waals surface area contributed by atoms with Crippen LogP contribution in [0.3, 0.4) is 0 Å². The van der Waals surface area contributed by atoms with Crippen molar-refractivity contribution in [1.82, 2.24) is 10.3 Å². The molecule has 0 radical (unpaired) electrons. The molecule has 0 saturated carbocycles. The molecule has 1 unspecified atom stereocenters. The number of rotatable bonds is 4. The normalized spacial score (nSPS) is 18.0. The van der Waals surface area contributed by atoms with Crippen molar-refractivity contribution in [3.63, 3.8) is 0 Å². The number of phenols is 1. The maximum absolute atomic E-state index is 9.40. The monoisotopic (exact) mass is 302 g/mol. The van der Waals surface area contributed by atoms with E-state index in [2.05, 4.69) is 19.2 Å². The van der Waals surface area contributed by atoms with E-state index in [1.165, 1.54) is 23.4 Å². The second-order valence-corrected chi connectivity index (χ2v) is 7.11. The Morgan fingerprint density at radius 2 is 2.10 bits per heavy atom. The second-order valence-electron chi connectivity index (χ2n) is 6.03. The number of hydrogen-bond acceptors (Lipinski definition) is 4. The van der Waals surface area contributed by atoms with Gasteiger partial charge in [0.2, 0.25) is 0 Å². The minimum absolute atomic E-state index is 0.305. The number of aromatic nitrogens is 1. The quantitative estimate of drug-likeness (QED) is 0.899. The third-order valence-corrected chi connectivity index (χ3v) is 5.14. The standard InChI is InChI=1S/C17H22N2OS/c1-11(2)18-10-13-4-3-5-15-16(13)19-17(21-15)12-6-8-14(20)9-7-12/h6-9,11,13,18,20H,3-5,10H2,1-2H3. The number of benzene rings is 1. The van der Waals surface area contributed by atoms with Crippen LogP contribution in [0.25, 0.3) is 10.6 Å². The number of fused-ring (bicyclic) bond motifs is 1. The summed E-state index contributed by atoms with van der Waals surface area (Å²) in [6, 6.07) is 7.87. The molecule has 1 aliphatic carbocycles. The molecule has 2 N–H and O–H groups in total. The van der Waals surface area contributed by atoms with Crippen LogP contribution in [-0.2, 0) is 6.42 Å². The Labute approximate surface area is 130 Å². The largest absolute Gasteiger partial charge is 0.508 e. The van der Waals surface area contributed by atoms with E-state index in [4.69, 9.17) is 4.98 Å². The van der Waals surface area contributed by atoms with E-state index in [9.17, 15) is 5.11 Å². The Morgan fingerprint density at radius 1 is 1.33 bits per heavy atom. The first kappa shape index (κ1) is 14.5. The van der Waals surface area contributed by atoms with E-state index in [1.54, 1.807) is 12.1 Å². The summed E-state index contributed by atoms with van der Waals surface area (Å²) in [5, 5.41) is 14.0. The van der Waals surface area contributed by atoms with Gasteiger partial charge in [-0.1, -0.05) is 13.8 Å². The Kier molecular flexibility index (Phi) is 4.27. The molecule has 2 aromatic rings. The summed E-state index contributed by atoms with van der Waals surface area (Å²) in [6.07, 6.45) is 3.64. The molecule has 3 rings (SSSR count). The van der Waals surface area contributed by atoms with Crippen LogP contribution in [0.4, 0.5) is 0 Å². The number of hydrogen-bond donors (Lipinski definition) is 2. The fourth-order valence-corrected chi connectivity index (χ4v) is 4.01. The summed E-state index contributed by atoms with van der Waals surface area (Å²) in [7, 11) is 0. The summed E-state index contributed by atoms with van der Waals surface area (Å²) in [5.41, 5.74) is 2.39. The van der Waals surface area contributed by atoms with Gasteiger partial charge in [0.25, 0.3) is 0 Å². The molecule has 112 valence electrons. The Balaban J connectivity index is 1.85. The molecule has 0 spiro atoms.